The van der Waals surface area contributed by atoms with Gasteiger partial charge in [-0.3, -0.25) is 9.78 Å². The molecule has 2 aliphatic rings. The van der Waals surface area contributed by atoms with Crippen LogP contribution in [0.15, 0.2) is 24.4 Å². The van der Waals surface area contributed by atoms with Crippen LogP contribution in [0.3, 0.4) is 0 Å². The predicted molar refractivity (Wildman–Crippen MR) is 117 cm³/mol. The molecular formula is C24H27N5O2. The number of hydrogen-bond donors (Lipinski definition) is 1. The number of hydrogen-bond acceptors (Lipinski definition) is 5. The lowest BCUT2D eigenvalue weighted by atomic mass is 10.0. The average molecular weight is 418 g/mol. The lowest BCUT2D eigenvalue weighted by Crippen LogP contribution is -2.32. The normalized spacial score (nSPS) is 22.4. The highest BCUT2D eigenvalue weighted by molar-refractivity contribution is 6.03. The summed E-state index contributed by atoms with van der Waals surface area (Å²) in [4.78, 5) is 22.2. The first kappa shape index (κ1) is 20.0. The minimum absolute atomic E-state index is 0.000215. The van der Waals surface area contributed by atoms with Gasteiger partial charge in [-0.1, -0.05) is 6.92 Å². The van der Waals surface area contributed by atoms with Crippen LogP contribution in [0, 0.1) is 16.7 Å². The highest BCUT2D eigenvalue weighted by atomic mass is 16.5. The van der Waals surface area contributed by atoms with Crippen LogP contribution < -0.4 is 5.32 Å². The van der Waals surface area contributed by atoms with Gasteiger partial charge in [0.05, 0.1) is 41.4 Å². The molecule has 0 spiro atoms. The van der Waals surface area contributed by atoms with Gasteiger partial charge < -0.3 is 14.6 Å². The Kier molecular flexibility index (Phi) is 4.90. The first-order valence-corrected chi connectivity index (χ1v) is 11.0. The number of carbonyl (C=O) groups excluding carboxylic acids is 1. The zero-order valence-corrected chi connectivity index (χ0v) is 18.0. The molecule has 3 heterocycles. The number of amides is 1. The number of rotatable bonds is 5. The van der Waals surface area contributed by atoms with E-state index in [4.69, 9.17) is 9.72 Å². The molecule has 2 fully saturated rings. The van der Waals surface area contributed by atoms with Crippen LogP contribution in [-0.2, 0) is 16.0 Å². The van der Waals surface area contributed by atoms with Crippen molar-refractivity contribution in [1.82, 2.24) is 19.9 Å². The van der Waals surface area contributed by atoms with Crippen LogP contribution >= 0.6 is 0 Å². The Morgan fingerprint density at radius 2 is 2.23 bits per heavy atom. The fourth-order valence-electron chi connectivity index (χ4n) is 4.53. The summed E-state index contributed by atoms with van der Waals surface area (Å²) in [5, 5.41) is 13.4. The van der Waals surface area contributed by atoms with Crippen LogP contribution in [0.1, 0.15) is 57.0 Å². The van der Waals surface area contributed by atoms with Gasteiger partial charge in [0, 0.05) is 24.6 Å². The van der Waals surface area contributed by atoms with Crippen LogP contribution in [0.5, 0.6) is 0 Å². The topological polar surface area (TPSA) is 92.8 Å². The number of imidazole rings is 1. The molecule has 1 saturated carbocycles. The number of ether oxygens (including phenoxy) is 1. The molecule has 7 heteroatoms. The first-order chi connectivity index (χ1) is 15.0. The Bertz CT molecular complexity index is 1200. The van der Waals surface area contributed by atoms with Crippen LogP contribution in [-0.4, -0.2) is 39.7 Å². The maximum atomic E-state index is 12.8. The number of pyridine rings is 1. The van der Waals surface area contributed by atoms with Crippen molar-refractivity contribution in [2.75, 3.05) is 13.2 Å². The zero-order chi connectivity index (χ0) is 21.6. The van der Waals surface area contributed by atoms with E-state index in [2.05, 4.69) is 34.8 Å². The summed E-state index contributed by atoms with van der Waals surface area (Å²) in [6.07, 6.45) is 6.22. The number of nitriles is 1. The number of nitrogens with zero attached hydrogens (tertiary/aromatic N) is 4. The van der Waals surface area contributed by atoms with Crippen LogP contribution in [0.4, 0.5) is 0 Å². The Morgan fingerprint density at radius 3 is 2.97 bits per heavy atom. The summed E-state index contributed by atoms with van der Waals surface area (Å²) in [5.41, 5.74) is 3.40. The van der Waals surface area contributed by atoms with Crippen molar-refractivity contribution in [1.29, 1.82) is 5.26 Å². The van der Waals surface area contributed by atoms with Crippen molar-refractivity contribution in [2.24, 2.45) is 5.41 Å². The lowest BCUT2D eigenvalue weighted by molar-refractivity contribution is -0.120. The van der Waals surface area contributed by atoms with E-state index >= 15 is 0 Å². The van der Waals surface area contributed by atoms with E-state index in [9.17, 15) is 10.1 Å². The van der Waals surface area contributed by atoms with Gasteiger partial charge in [0.2, 0.25) is 5.91 Å². The van der Waals surface area contributed by atoms with E-state index in [1.807, 2.05) is 12.1 Å². The molecule has 31 heavy (non-hydrogen) atoms. The second kappa shape index (κ2) is 7.61. The molecular weight excluding hydrogens is 390 g/mol. The molecule has 0 bridgehead atoms. The Hall–Kier alpha value is -2.98. The summed E-state index contributed by atoms with van der Waals surface area (Å²) < 4.78 is 8.00. The predicted octanol–water partition coefficient (Wildman–Crippen LogP) is 3.65. The molecule has 1 N–H and O–H groups in total. The molecule has 1 aliphatic carbocycles. The van der Waals surface area contributed by atoms with Crippen molar-refractivity contribution >= 4 is 27.8 Å². The quantitative estimate of drug-likeness (QED) is 0.684. The molecule has 0 radical (unpaired) electrons. The van der Waals surface area contributed by atoms with Gasteiger partial charge in [-0.05, 0) is 56.2 Å². The Labute approximate surface area is 181 Å². The van der Waals surface area contributed by atoms with E-state index in [1.54, 1.807) is 12.3 Å². The van der Waals surface area contributed by atoms with E-state index in [-0.39, 0.29) is 29.9 Å². The maximum absolute atomic E-state index is 12.8. The van der Waals surface area contributed by atoms with E-state index < -0.39 is 0 Å². The SMILES string of the molecule is C[C@@H]1C[C@H](n2c(CC(=O)NCC3(C)CC3)nc3cnc4ccc(C#N)cc4c32)CCO1. The third-order valence-corrected chi connectivity index (χ3v) is 6.67. The van der Waals surface area contributed by atoms with Gasteiger partial charge in [-0.2, -0.15) is 5.26 Å². The van der Waals surface area contributed by atoms with E-state index in [1.165, 1.54) is 12.8 Å². The van der Waals surface area contributed by atoms with Crippen molar-refractivity contribution < 1.29 is 9.53 Å². The van der Waals surface area contributed by atoms with Gasteiger partial charge in [0.25, 0.3) is 0 Å². The first-order valence-electron chi connectivity index (χ1n) is 11.0. The third-order valence-electron chi connectivity index (χ3n) is 6.67. The number of fused-ring (bicyclic) bond motifs is 3. The summed E-state index contributed by atoms with van der Waals surface area (Å²) in [5.74, 6) is 0.754. The second-order valence-electron chi connectivity index (χ2n) is 9.36. The molecule has 3 aromatic rings. The Morgan fingerprint density at radius 1 is 1.39 bits per heavy atom. The van der Waals surface area contributed by atoms with Crippen molar-refractivity contribution in [3.05, 3.63) is 35.8 Å². The van der Waals surface area contributed by atoms with Gasteiger partial charge in [0.1, 0.15) is 11.3 Å². The van der Waals surface area contributed by atoms with E-state index in [0.29, 0.717) is 12.2 Å². The molecule has 5 rings (SSSR count). The number of aromatic nitrogens is 3. The van der Waals surface area contributed by atoms with Crippen LogP contribution in [0.2, 0.25) is 0 Å². The second-order valence-corrected chi connectivity index (χ2v) is 9.36. The minimum Gasteiger partial charge on any atom is -0.378 e. The monoisotopic (exact) mass is 417 g/mol. The van der Waals surface area contributed by atoms with Crippen molar-refractivity contribution in [3.63, 3.8) is 0 Å². The van der Waals surface area contributed by atoms with Gasteiger partial charge in [-0.25, -0.2) is 4.98 Å². The fraction of sp³-hybridized carbons (Fsp3) is 0.500. The number of benzene rings is 1. The molecule has 7 nitrogen and oxygen atoms in total. The van der Waals surface area contributed by atoms with E-state index in [0.717, 1.165) is 47.1 Å². The molecule has 1 amide bonds. The molecule has 1 saturated heterocycles. The maximum Gasteiger partial charge on any atom is 0.227 e. The van der Waals surface area contributed by atoms with Gasteiger partial charge >= 0.3 is 0 Å². The molecule has 1 aromatic carbocycles. The summed E-state index contributed by atoms with van der Waals surface area (Å²) in [6.45, 7) is 5.69. The smallest absolute Gasteiger partial charge is 0.227 e. The largest absolute Gasteiger partial charge is 0.378 e. The summed E-state index contributed by atoms with van der Waals surface area (Å²) in [6, 6.07) is 7.95. The molecule has 1 aliphatic heterocycles. The van der Waals surface area contributed by atoms with Crippen LogP contribution in [0.25, 0.3) is 21.9 Å². The standard InChI is InChI=1S/C24H27N5O2/c1-15-9-17(5-8-31-15)29-21(11-22(30)27-14-24(2)6-7-24)28-20-13-26-19-4-3-16(12-25)10-18(19)23(20)29/h3-4,10,13,15,17H,5-9,11,14H2,1-2H3,(H,27,30)/t15-,17-/m1/s1. The van der Waals surface area contributed by atoms with Gasteiger partial charge in [-0.15, -0.1) is 0 Å². The van der Waals surface area contributed by atoms with Crippen molar-refractivity contribution in [2.45, 2.75) is 58.1 Å². The zero-order valence-electron chi connectivity index (χ0n) is 18.0. The molecule has 0 unspecified atom stereocenters. The molecule has 160 valence electrons. The number of carbonyl (C=O) groups is 1. The molecule has 2 aromatic heterocycles. The van der Waals surface area contributed by atoms with Gasteiger partial charge in [0.15, 0.2) is 0 Å². The highest BCUT2D eigenvalue weighted by Crippen LogP contribution is 2.44. The minimum atomic E-state index is -0.000215. The highest BCUT2D eigenvalue weighted by Gasteiger charge is 2.37. The average Bonchev–Trinajstić information content (AvgIpc) is 3.39. The third kappa shape index (κ3) is 3.88. The summed E-state index contributed by atoms with van der Waals surface area (Å²) >= 11 is 0. The van der Waals surface area contributed by atoms with Crippen molar-refractivity contribution in [3.8, 4) is 6.07 Å². The summed E-state index contributed by atoms with van der Waals surface area (Å²) in [7, 11) is 0. The Balaban J connectivity index is 1.59. The molecule has 2 atom stereocenters. The lowest BCUT2D eigenvalue weighted by Gasteiger charge is -2.30. The number of nitrogens with one attached hydrogen (secondary N) is 1. The fourth-order valence-corrected chi connectivity index (χ4v) is 4.53.